The van der Waals surface area contributed by atoms with Crippen molar-refractivity contribution in [1.82, 2.24) is 19.8 Å². The Bertz CT molecular complexity index is 868. The maximum atomic E-state index is 12.9. The second kappa shape index (κ2) is 7.65. The number of nitrogens with zero attached hydrogens (tertiary/aromatic N) is 4. The van der Waals surface area contributed by atoms with Crippen molar-refractivity contribution in [2.75, 3.05) is 26.2 Å². The highest BCUT2D eigenvalue weighted by atomic mass is 32.1. The first-order valence-corrected chi connectivity index (χ1v) is 10.3. The van der Waals surface area contributed by atoms with Crippen LogP contribution in [-0.2, 0) is 6.54 Å². The van der Waals surface area contributed by atoms with Gasteiger partial charge in [0.1, 0.15) is 9.88 Å². The summed E-state index contributed by atoms with van der Waals surface area (Å²) in [5, 5.41) is 2.98. The molecular formula is C19H20N4OS2. The Morgan fingerprint density at radius 2 is 2.00 bits per heavy atom. The molecule has 1 aliphatic heterocycles. The Balaban J connectivity index is 1.39. The summed E-state index contributed by atoms with van der Waals surface area (Å²) < 4.78 is 0. The second-order valence-electron chi connectivity index (χ2n) is 6.30. The summed E-state index contributed by atoms with van der Waals surface area (Å²) in [6.07, 6.45) is 1.83. The van der Waals surface area contributed by atoms with Gasteiger partial charge in [0, 0.05) is 38.9 Å². The number of pyridine rings is 1. The van der Waals surface area contributed by atoms with E-state index in [2.05, 4.69) is 14.9 Å². The second-order valence-corrected chi connectivity index (χ2v) is 8.25. The van der Waals surface area contributed by atoms with Crippen molar-refractivity contribution >= 4 is 28.6 Å². The number of piperazine rings is 1. The number of thiophene rings is 1. The lowest BCUT2D eigenvalue weighted by Gasteiger charge is -2.34. The Morgan fingerprint density at radius 3 is 2.69 bits per heavy atom. The van der Waals surface area contributed by atoms with E-state index in [1.807, 2.05) is 53.7 Å². The highest BCUT2D eigenvalue weighted by Gasteiger charge is 2.25. The maximum Gasteiger partial charge on any atom is 0.265 e. The van der Waals surface area contributed by atoms with Crippen molar-refractivity contribution in [1.29, 1.82) is 0 Å². The lowest BCUT2D eigenvalue weighted by atomic mass is 10.2. The lowest BCUT2D eigenvalue weighted by molar-refractivity contribution is 0.0631. The molecule has 0 aromatic carbocycles. The standard InChI is InChI=1S/C19H20N4OS2/c1-14-17(26-18(21-14)16-6-4-12-25-16)19(24)23-10-8-22(9-11-23)13-15-5-2-3-7-20-15/h2-7,12H,8-11,13H2,1H3. The number of thiazole rings is 1. The molecule has 134 valence electrons. The van der Waals surface area contributed by atoms with Crippen molar-refractivity contribution < 1.29 is 4.79 Å². The molecule has 0 bridgehead atoms. The van der Waals surface area contributed by atoms with Crippen molar-refractivity contribution in [2.24, 2.45) is 0 Å². The zero-order valence-electron chi connectivity index (χ0n) is 14.6. The number of amides is 1. The smallest absolute Gasteiger partial charge is 0.265 e. The molecule has 3 aromatic rings. The summed E-state index contributed by atoms with van der Waals surface area (Å²) in [6.45, 7) is 6.01. The van der Waals surface area contributed by atoms with E-state index in [0.29, 0.717) is 0 Å². The maximum absolute atomic E-state index is 12.9. The molecule has 1 saturated heterocycles. The summed E-state index contributed by atoms with van der Waals surface area (Å²) >= 11 is 3.16. The molecule has 0 radical (unpaired) electrons. The summed E-state index contributed by atoms with van der Waals surface area (Å²) in [5.74, 6) is 0.111. The van der Waals surface area contributed by atoms with Gasteiger partial charge in [0.25, 0.3) is 5.91 Å². The number of hydrogen-bond donors (Lipinski definition) is 0. The van der Waals surface area contributed by atoms with E-state index in [0.717, 1.165) is 58.9 Å². The third-order valence-electron chi connectivity index (χ3n) is 4.49. The molecule has 3 aromatic heterocycles. The Labute approximate surface area is 160 Å². The van der Waals surface area contributed by atoms with E-state index in [1.54, 1.807) is 11.3 Å². The van der Waals surface area contributed by atoms with Crippen LogP contribution in [0.5, 0.6) is 0 Å². The third-order valence-corrected chi connectivity index (χ3v) is 6.68. The van der Waals surface area contributed by atoms with Crippen LogP contribution < -0.4 is 0 Å². The van der Waals surface area contributed by atoms with Crippen molar-refractivity contribution in [2.45, 2.75) is 13.5 Å². The molecule has 0 saturated carbocycles. The van der Waals surface area contributed by atoms with Crippen LogP contribution in [0.3, 0.4) is 0 Å². The molecule has 0 spiro atoms. The fraction of sp³-hybridized carbons (Fsp3) is 0.316. The average Bonchev–Trinajstić information content (AvgIpc) is 3.32. The molecule has 0 atom stereocenters. The van der Waals surface area contributed by atoms with Crippen LogP contribution in [0.15, 0.2) is 41.9 Å². The first-order chi connectivity index (χ1) is 12.7. The SMILES string of the molecule is Cc1nc(-c2cccs2)sc1C(=O)N1CCN(Cc2ccccn2)CC1. The number of carbonyl (C=O) groups is 1. The number of aryl methyl sites for hydroxylation is 1. The topological polar surface area (TPSA) is 49.3 Å². The first kappa shape index (κ1) is 17.3. The summed E-state index contributed by atoms with van der Waals surface area (Å²) in [4.78, 5) is 28.1. The van der Waals surface area contributed by atoms with Crippen LogP contribution in [0.25, 0.3) is 9.88 Å². The van der Waals surface area contributed by atoms with Crippen molar-refractivity contribution in [3.8, 4) is 9.88 Å². The summed E-state index contributed by atoms with van der Waals surface area (Å²) in [5.41, 5.74) is 1.91. The van der Waals surface area contributed by atoms with E-state index in [1.165, 1.54) is 11.3 Å². The molecule has 26 heavy (non-hydrogen) atoms. The third kappa shape index (κ3) is 3.70. The van der Waals surface area contributed by atoms with Gasteiger partial charge >= 0.3 is 0 Å². The van der Waals surface area contributed by atoms with E-state index in [9.17, 15) is 4.79 Å². The lowest BCUT2D eigenvalue weighted by Crippen LogP contribution is -2.48. The molecule has 1 fully saturated rings. The highest BCUT2D eigenvalue weighted by molar-refractivity contribution is 7.22. The van der Waals surface area contributed by atoms with Gasteiger partial charge in [-0.3, -0.25) is 14.7 Å². The fourth-order valence-electron chi connectivity index (χ4n) is 3.07. The Morgan fingerprint density at radius 1 is 1.15 bits per heavy atom. The number of carbonyl (C=O) groups excluding carboxylic acids is 1. The van der Waals surface area contributed by atoms with Gasteiger partial charge < -0.3 is 4.90 Å². The monoisotopic (exact) mass is 384 g/mol. The van der Waals surface area contributed by atoms with Gasteiger partial charge in [0.2, 0.25) is 0 Å². The zero-order valence-corrected chi connectivity index (χ0v) is 16.2. The number of aromatic nitrogens is 2. The van der Waals surface area contributed by atoms with Gasteiger partial charge in [-0.05, 0) is 30.5 Å². The molecule has 1 amide bonds. The van der Waals surface area contributed by atoms with Gasteiger partial charge in [0.05, 0.1) is 16.3 Å². The molecule has 7 heteroatoms. The van der Waals surface area contributed by atoms with Gasteiger partial charge in [0.15, 0.2) is 0 Å². The largest absolute Gasteiger partial charge is 0.335 e. The normalized spacial score (nSPS) is 15.3. The predicted octanol–water partition coefficient (Wildman–Crippen LogP) is 3.53. The zero-order chi connectivity index (χ0) is 17.9. The average molecular weight is 385 g/mol. The minimum absolute atomic E-state index is 0.111. The fourth-order valence-corrected chi connectivity index (χ4v) is 4.90. The molecule has 4 rings (SSSR count). The van der Waals surface area contributed by atoms with E-state index in [4.69, 9.17) is 0 Å². The summed E-state index contributed by atoms with van der Waals surface area (Å²) in [7, 11) is 0. The molecule has 4 heterocycles. The minimum Gasteiger partial charge on any atom is -0.335 e. The Hall–Kier alpha value is -2.09. The molecule has 1 aliphatic rings. The number of rotatable bonds is 4. The van der Waals surface area contributed by atoms with Crippen LogP contribution in [0.4, 0.5) is 0 Å². The molecule has 0 N–H and O–H groups in total. The quantitative estimate of drug-likeness (QED) is 0.690. The van der Waals surface area contributed by atoms with Crippen LogP contribution >= 0.6 is 22.7 Å². The highest BCUT2D eigenvalue weighted by Crippen LogP contribution is 2.31. The van der Waals surface area contributed by atoms with E-state index >= 15 is 0 Å². The molecule has 0 unspecified atom stereocenters. The summed E-state index contributed by atoms with van der Waals surface area (Å²) in [6, 6.07) is 10.1. The van der Waals surface area contributed by atoms with E-state index < -0.39 is 0 Å². The van der Waals surface area contributed by atoms with E-state index in [-0.39, 0.29) is 5.91 Å². The van der Waals surface area contributed by atoms with Crippen molar-refractivity contribution in [3.63, 3.8) is 0 Å². The van der Waals surface area contributed by atoms with Gasteiger partial charge in [-0.2, -0.15) is 0 Å². The van der Waals surface area contributed by atoms with Gasteiger partial charge in [-0.1, -0.05) is 12.1 Å². The van der Waals surface area contributed by atoms with Crippen LogP contribution in [0, 0.1) is 6.92 Å². The predicted molar refractivity (Wildman–Crippen MR) is 106 cm³/mol. The van der Waals surface area contributed by atoms with Crippen LogP contribution in [0.2, 0.25) is 0 Å². The van der Waals surface area contributed by atoms with Crippen LogP contribution in [0.1, 0.15) is 21.1 Å². The van der Waals surface area contributed by atoms with Gasteiger partial charge in [-0.25, -0.2) is 4.98 Å². The van der Waals surface area contributed by atoms with Gasteiger partial charge in [-0.15, -0.1) is 22.7 Å². The van der Waals surface area contributed by atoms with Crippen molar-refractivity contribution in [3.05, 3.63) is 58.2 Å². The first-order valence-electron chi connectivity index (χ1n) is 8.63. The number of hydrogen-bond acceptors (Lipinski definition) is 6. The van der Waals surface area contributed by atoms with Crippen LogP contribution in [-0.4, -0.2) is 51.9 Å². The minimum atomic E-state index is 0.111. The molecule has 0 aliphatic carbocycles. The Kier molecular flexibility index (Phi) is 5.10. The molecular weight excluding hydrogens is 364 g/mol. The molecule has 5 nitrogen and oxygen atoms in total.